The molecule has 1 aliphatic rings. The minimum absolute atomic E-state index is 0.108. The largest absolute Gasteiger partial charge is 0.438 e. The number of ether oxygens (including phenoxy) is 1. The zero-order valence-corrected chi connectivity index (χ0v) is 11.4. The zero-order chi connectivity index (χ0) is 13.5. The Morgan fingerprint density at radius 3 is 2.89 bits per heavy atom. The molecule has 1 fully saturated rings. The van der Waals surface area contributed by atoms with Crippen molar-refractivity contribution in [1.29, 1.82) is 0 Å². The third kappa shape index (κ3) is 4.33. The van der Waals surface area contributed by atoms with Gasteiger partial charge < -0.3 is 14.1 Å². The van der Waals surface area contributed by atoms with E-state index in [1.807, 2.05) is 0 Å². The van der Waals surface area contributed by atoms with Gasteiger partial charge in [-0.25, -0.2) is 4.98 Å². The lowest BCUT2D eigenvalue weighted by Crippen LogP contribution is -2.37. The van der Waals surface area contributed by atoms with Crippen LogP contribution in [0.1, 0.15) is 23.4 Å². The number of hydrogen-bond acceptors (Lipinski definition) is 5. The number of carbonyl (C=O) groups excluding carboxylic acids is 1. The molecule has 2 heterocycles. The lowest BCUT2D eigenvalue weighted by molar-refractivity contribution is 0.0369. The lowest BCUT2D eigenvalue weighted by Gasteiger charge is -2.26. The summed E-state index contributed by atoms with van der Waals surface area (Å²) in [6, 6.07) is 0. The first-order chi connectivity index (χ1) is 9.27. The molecule has 1 saturated heterocycles. The number of nitrogens with zero attached hydrogens (tertiary/aromatic N) is 3. The molecule has 0 saturated carbocycles. The van der Waals surface area contributed by atoms with Crippen molar-refractivity contribution in [2.45, 2.75) is 12.8 Å². The van der Waals surface area contributed by atoms with Gasteiger partial charge in [0.05, 0.1) is 19.4 Å². The molecule has 1 amide bonds. The number of amides is 1. The molecule has 2 rings (SSSR count). The van der Waals surface area contributed by atoms with Crippen LogP contribution >= 0.6 is 0 Å². The van der Waals surface area contributed by atoms with Crippen LogP contribution in [0.5, 0.6) is 0 Å². The SMILES string of the molecule is CN(CCCCN1CCOCC1)C(=O)c1cnco1. The first-order valence-corrected chi connectivity index (χ1v) is 6.71. The highest BCUT2D eigenvalue weighted by Crippen LogP contribution is 2.05. The monoisotopic (exact) mass is 267 g/mol. The van der Waals surface area contributed by atoms with Gasteiger partial charge in [0.1, 0.15) is 0 Å². The van der Waals surface area contributed by atoms with Gasteiger partial charge in [0, 0.05) is 26.7 Å². The van der Waals surface area contributed by atoms with Crippen LogP contribution in [0.15, 0.2) is 17.0 Å². The van der Waals surface area contributed by atoms with Crippen LogP contribution < -0.4 is 0 Å². The fraction of sp³-hybridized carbons (Fsp3) is 0.692. The Hall–Kier alpha value is -1.40. The topological polar surface area (TPSA) is 58.8 Å². The summed E-state index contributed by atoms with van der Waals surface area (Å²) >= 11 is 0. The third-order valence-corrected chi connectivity index (χ3v) is 3.31. The van der Waals surface area contributed by atoms with E-state index in [1.54, 1.807) is 11.9 Å². The Morgan fingerprint density at radius 1 is 1.42 bits per heavy atom. The molecule has 0 aliphatic carbocycles. The number of rotatable bonds is 6. The van der Waals surface area contributed by atoms with Crippen LogP contribution in [0.4, 0.5) is 0 Å². The Balaban J connectivity index is 1.61. The third-order valence-electron chi connectivity index (χ3n) is 3.31. The zero-order valence-electron chi connectivity index (χ0n) is 11.4. The summed E-state index contributed by atoms with van der Waals surface area (Å²) in [5.41, 5.74) is 0. The summed E-state index contributed by atoms with van der Waals surface area (Å²) in [5, 5.41) is 0. The van der Waals surface area contributed by atoms with Gasteiger partial charge in [-0.05, 0) is 19.4 Å². The molecule has 6 nitrogen and oxygen atoms in total. The minimum atomic E-state index is -0.108. The highest BCUT2D eigenvalue weighted by atomic mass is 16.5. The number of carbonyl (C=O) groups is 1. The van der Waals surface area contributed by atoms with Crippen LogP contribution in [-0.2, 0) is 4.74 Å². The first-order valence-electron chi connectivity index (χ1n) is 6.71. The van der Waals surface area contributed by atoms with E-state index in [0.717, 1.165) is 52.2 Å². The van der Waals surface area contributed by atoms with Crippen molar-refractivity contribution in [1.82, 2.24) is 14.8 Å². The molecule has 0 bridgehead atoms. The van der Waals surface area contributed by atoms with Gasteiger partial charge in [-0.15, -0.1) is 0 Å². The summed E-state index contributed by atoms with van der Waals surface area (Å²) in [6.07, 6.45) is 4.81. The van der Waals surface area contributed by atoms with E-state index in [1.165, 1.54) is 12.6 Å². The van der Waals surface area contributed by atoms with Crippen LogP contribution in [0.25, 0.3) is 0 Å². The molecule has 106 valence electrons. The van der Waals surface area contributed by atoms with Crippen molar-refractivity contribution >= 4 is 5.91 Å². The van der Waals surface area contributed by atoms with E-state index < -0.39 is 0 Å². The minimum Gasteiger partial charge on any atom is -0.438 e. The number of morpholine rings is 1. The van der Waals surface area contributed by atoms with Crippen molar-refractivity contribution in [3.05, 3.63) is 18.4 Å². The van der Waals surface area contributed by atoms with E-state index >= 15 is 0 Å². The average Bonchev–Trinajstić information content (AvgIpc) is 2.98. The van der Waals surface area contributed by atoms with Crippen molar-refractivity contribution in [3.8, 4) is 0 Å². The molecule has 6 heteroatoms. The Bertz CT molecular complexity index is 374. The van der Waals surface area contributed by atoms with E-state index in [4.69, 9.17) is 9.15 Å². The number of unbranched alkanes of at least 4 members (excludes halogenated alkanes) is 1. The van der Waals surface area contributed by atoms with Gasteiger partial charge in [0.15, 0.2) is 6.39 Å². The Labute approximate surface area is 113 Å². The summed E-state index contributed by atoms with van der Waals surface area (Å²) < 4.78 is 10.3. The molecule has 0 spiro atoms. The van der Waals surface area contributed by atoms with Crippen LogP contribution in [0.3, 0.4) is 0 Å². The molecule has 0 atom stereocenters. The molecule has 0 unspecified atom stereocenters. The van der Waals surface area contributed by atoms with Gasteiger partial charge >= 0.3 is 0 Å². The fourth-order valence-corrected chi connectivity index (χ4v) is 2.12. The maximum absolute atomic E-state index is 11.9. The number of oxazole rings is 1. The van der Waals surface area contributed by atoms with Gasteiger partial charge in [0.25, 0.3) is 5.91 Å². The molecular formula is C13H21N3O3. The molecule has 0 radical (unpaired) electrons. The summed E-state index contributed by atoms with van der Waals surface area (Å²) in [4.78, 5) is 19.7. The predicted octanol–water partition coefficient (Wildman–Crippen LogP) is 0.859. The normalized spacial score (nSPS) is 16.5. The van der Waals surface area contributed by atoms with Crippen molar-refractivity contribution in [3.63, 3.8) is 0 Å². The van der Waals surface area contributed by atoms with Crippen molar-refractivity contribution < 1.29 is 13.9 Å². The molecule has 19 heavy (non-hydrogen) atoms. The van der Waals surface area contributed by atoms with Crippen LogP contribution in [0, 0.1) is 0 Å². The molecule has 1 aromatic heterocycles. The molecule has 0 aromatic carbocycles. The Morgan fingerprint density at radius 2 is 2.21 bits per heavy atom. The van der Waals surface area contributed by atoms with Gasteiger partial charge in [0.2, 0.25) is 5.76 Å². The van der Waals surface area contributed by atoms with Crippen LogP contribution in [-0.4, -0.2) is 67.1 Å². The van der Waals surface area contributed by atoms with E-state index in [9.17, 15) is 4.79 Å². The van der Waals surface area contributed by atoms with E-state index in [0.29, 0.717) is 5.76 Å². The second kappa shape index (κ2) is 7.25. The smallest absolute Gasteiger partial charge is 0.291 e. The van der Waals surface area contributed by atoms with Gasteiger partial charge in [-0.3, -0.25) is 9.69 Å². The summed E-state index contributed by atoms with van der Waals surface area (Å²) in [5.74, 6) is 0.194. The fourth-order valence-electron chi connectivity index (χ4n) is 2.12. The summed E-state index contributed by atoms with van der Waals surface area (Å²) in [6.45, 7) is 5.53. The maximum Gasteiger partial charge on any atom is 0.291 e. The highest BCUT2D eigenvalue weighted by Gasteiger charge is 2.15. The van der Waals surface area contributed by atoms with Gasteiger partial charge in [-0.1, -0.05) is 0 Å². The van der Waals surface area contributed by atoms with Crippen LogP contribution in [0.2, 0.25) is 0 Å². The maximum atomic E-state index is 11.9. The van der Waals surface area contributed by atoms with Crippen molar-refractivity contribution in [2.75, 3.05) is 46.4 Å². The lowest BCUT2D eigenvalue weighted by atomic mass is 10.2. The first kappa shape index (κ1) is 14.0. The molecule has 0 N–H and O–H groups in total. The predicted molar refractivity (Wildman–Crippen MR) is 70.0 cm³/mol. The second-order valence-corrected chi connectivity index (χ2v) is 4.75. The van der Waals surface area contributed by atoms with Gasteiger partial charge in [-0.2, -0.15) is 0 Å². The Kier molecular flexibility index (Phi) is 5.35. The molecule has 1 aliphatic heterocycles. The average molecular weight is 267 g/mol. The molecule has 1 aromatic rings. The number of hydrogen-bond donors (Lipinski definition) is 0. The highest BCUT2D eigenvalue weighted by molar-refractivity contribution is 5.90. The standard InChI is InChI=1S/C13H21N3O3/c1-15(13(17)12-10-14-11-19-12)4-2-3-5-16-6-8-18-9-7-16/h10-11H,2-9H2,1H3. The van der Waals surface area contributed by atoms with E-state index in [-0.39, 0.29) is 5.91 Å². The summed E-state index contributed by atoms with van der Waals surface area (Å²) in [7, 11) is 1.79. The second-order valence-electron chi connectivity index (χ2n) is 4.75. The van der Waals surface area contributed by atoms with E-state index in [2.05, 4.69) is 9.88 Å². The van der Waals surface area contributed by atoms with Crippen molar-refractivity contribution in [2.24, 2.45) is 0 Å². The number of aromatic nitrogens is 1. The quantitative estimate of drug-likeness (QED) is 0.715. The molecular weight excluding hydrogens is 246 g/mol.